The molecule has 0 fully saturated rings. The summed E-state index contributed by atoms with van der Waals surface area (Å²) in [5, 5.41) is 2.49. The SMILES string of the molecule is O=C(Nc1ccc(OC(F)(F)Cl)cc1)c1ccc(=O)n(-c2cc(F)cc(F)c2)c1. The summed E-state index contributed by atoms with van der Waals surface area (Å²) in [6.45, 7) is 0. The number of nitrogens with zero attached hydrogens (tertiary/aromatic N) is 1. The minimum absolute atomic E-state index is 0.0156. The average Bonchev–Trinajstić information content (AvgIpc) is 2.61. The second-order valence-corrected chi connectivity index (χ2v) is 6.22. The Hall–Kier alpha value is -3.33. The van der Waals surface area contributed by atoms with Crippen molar-refractivity contribution in [3.8, 4) is 11.4 Å². The molecule has 0 aliphatic rings. The van der Waals surface area contributed by atoms with Gasteiger partial charge in [-0.3, -0.25) is 14.2 Å². The van der Waals surface area contributed by atoms with Crippen molar-refractivity contribution in [2.75, 3.05) is 5.32 Å². The van der Waals surface area contributed by atoms with Crippen molar-refractivity contribution < 1.29 is 27.1 Å². The van der Waals surface area contributed by atoms with Gasteiger partial charge in [-0.05, 0) is 42.5 Å². The van der Waals surface area contributed by atoms with Gasteiger partial charge in [-0.1, -0.05) is 0 Å². The number of carbonyl (C=O) groups is 1. The van der Waals surface area contributed by atoms with E-state index in [0.29, 0.717) is 6.07 Å². The van der Waals surface area contributed by atoms with Crippen LogP contribution in [0.2, 0.25) is 0 Å². The number of pyridine rings is 1. The molecule has 1 aromatic heterocycles. The van der Waals surface area contributed by atoms with Gasteiger partial charge in [0.1, 0.15) is 17.4 Å². The Morgan fingerprint density at radius 1 is 1.00 bits per heavy atom. The lowest BCUT2D eigenvalue weighted by atomic mass is 10.2. The van der Waals surface area contributed by atoms with Gasteiger partial charge in [-0.2, -0.15) is 0 Å². The lowest BCUT2D eigenvalue weighted by molar-refractivity contribution is -0.0964. The van der Waals surface area contributed by atoms with E-state index in [9.17, 15) is 27.2 Å². The van der Waals surface area contributed by atoms with Crippen LogP contribution in [0.4, 0.5) is 23.2 Å². The molecule has 0 radical (unpaired) electrons. The quantitative estimate of drug-likeness (QED) is 0.481. The van der Waals surface area contributed by atoms with Gasteiger partial charge in [0.15, 0.2) is 0 Å². The van der Waals surface area contributed by atoms with Gasteiger partial charge in [0, 0.05) is 35.6 Å². The third-order valence-corrected chi connectivity index (χ3v) is 3.72. The second-order valence-electron chi connectivity index (χ2n) is 5.78. The molecule has 0 aliphatic heterocycles. The number of hydrogen-bond donors (Lipinski definition) is 1. The van der Waals surface area contributed by atoms with Crippen LogP contribution in [0.3, 0.4) is 0 Å². The van der Waals surface area contributed by atoms with Gasteiger partial charge in [0.25, 0.3) is 11.5 Å². The number of benzene rings is 2. The third kappa shape index (κ3) is 5.35. The number of halogens is 5. The fraction of sp³-hybridized carbons (Fsp3) is 0.0526. The predicted molar refractivity (Wildman–Crippen MR) is 97.8 cm³/mol. The minimum Gasteiger partial charge on any atom is -0.420 e. The highest BCUT2D eigenvalue weighted by atomic mass is 35.5. The highest BCUT2D eigenvalue weighted by molar-refractivity contribution is 6.20. The minimum atomic E-state index is -3.87. The molecule has 0 spiro atoms. The summed E-state index contributed by atoms with van der Waals surface area (Å²) < 4.78 is 57.1. The molecule has 2 aromatic carbocycles. The molecule has 0 aliphatic carbocycles. The van der Waals surface area contributed by atoms with Crippen molar-refractivity contribution in [1.29, 1.82) is 0 Å². The van der Waals surface area contributed by atoms with Gasteiger partial charge in [-0.15, -0.1) is 8.78 Å². The Balaban J connectivity index is 1.82. The first kappa shape index (κ1) is 20.4. The maximum Gasteiger partial charge on any atom is 0.487 e. The molecular formula is C19H11ClF4N2O3. The maximum absolute atomic E-state index is 13.4. The summed E-state index contributed by atoms with van der Waals surface area (Å²) in [4.78, 5) is 24.4. The predicted octanol–water partition coefficient (Wildman–Crippen LogP) is 4.54. The van der Waals surface area contributed by atoms with E-state index in [0.717, 1.165) is 29.0 Å². The first-order valence-corrected chi connectivity index (χ1v) is 8.35. The third-order valence-electron chi connectivity index (χ3n) is 3.64. The molecule has 150 valence electrons. The Kier molecular flexibility index (Phi) is 5.60. The normalized spacial score (nSPS) is 11.2. The summed E-state index contributed by atoms with van der Waals surface area (Å²) in [7, 11) is 0. The monoisotopic (exact) mass is 426 g/mol. The number of anilines is 1. The topological polar surface area (TPSA) is 60.3 Å². The van der Waals surface area contributed by atoms with Crippen molar-refractivity contribution in [2.45, 2.75) is 5.57 Å². The number of alkyl halides is 3. The number of nitrogens with one attached hydrogen (secondary N) is 1. The smallest absolute Gasteiger partial charge is 0.420 e. The van der Waals surface area contributed by atoms with E-state index in [1.54, 1.807) is 0 Å². The molecular weight excluding hydrogens is 416 g/mol. The van der Waals surface area contributed by atoms with Gasteiger partial charge in [0.2, 0.25) is 0 Å². The fourth-order valence-electron chi connectivity index (χ4n) is 2.44. The lowest BCUT2D eigenvalue weighted by Gasteiger charge is -2.12. The highest BCUT2D eigenvalue weighted by Crippen LogP contribution is 2.26. The van der Waals surface area contributed by atoms with Crippen molar-refractivity contribution in [3.05, 3.63) is 88.3 Å². The van der Waals surface area contributed by atoms with Crippen molar-refractivity contribution >= 4 is 23.2 Å². The summed E-state index contributed by atoms with van der Waals surface area (Å²) >= 11 is 4.67. The van der Waals surface area contributed by atoms with Crippen molar-refractivity contribution in [3.63, 3.8) is 0 Å². The van der Waals surface area contributed by atoms with Crippen molar-refractivity contribution in [2.24, 2.45) is 0 Å². The van der Waals surface area contributed by atoms with Crippen LogP contribution >= 0.6 is 11.6 Å². The molecule has 0 unspecified atom stereocenters. The molecule has 1 N–H and O–H groups in total. The number of rotatable bonds is 5. The molecule has 0 atom stereocenters. The highest BCUT2D eigenvalue weighted by Gasteiger charge is 2.27. The van der Waals surface area contributed by atoms with Crippen LogP contribution in [-0.2, 0) is 0 Å². The molecule has 0 saturated carbocycles. The fourth-order valence-corrected chi connectivity index (χ4v) is 2.53. The number of carbonyl (C=O) groups excluding carboxylic acids is 1. The van der Waals surface area contributed by atoms with E-state index >= 15 is 0 Å². The number of amides is 1. The Labute approximate surface area is 166 Å². The Morgan fingerprint density at radius 2 is 1.62 bits per heavy atom. The zero-order valence-corrected chi connectivity index (χ0v) is 15.1. The summed E-state index contributed by atoms with van der Waals surface area (Å²) in [5.74, 6) is -2.63. The Morgan fingerprint density at radius 3 is 2.21 bits per heavy atom. The standard InChI is InChI=1S/C19H11ClF4N2O3/c20-19(23,24)29-16-4-2-14(3-5-16)25-18(28)11-1-6-17(27)26(10-11)15-8-12(21)7-13(22)9-15/h1-10H,(H,25,28). The molecule has 3 aromatic rings. The maximum atomic E-state index is 13.4. The van der Waals surface area contributed by atoms with Gasteiger partial charge in [0.05, 0.1) is 11.3 Å². The van der Waals surface area contributed by atoms with Crippen LogP contribution in [0.25, 0.3) is 5.69 Å². The largest absolute Gasteiger partial charge is 0.487 e. The number of ether oxygens (including phenoxy) is 1. The molecule has 1 amide bonds. The van der Waals surface area contributed by atoms with Crippen LogP contribution in [0.1, 0.15) is 10.4 Å². The van der Waals surface area contributed by atoms with Crippen LogP contribution in [0, 0.1) is 11.6 Å². The van der Waals surface area contributed by atoms with Crippen LogP contribution in [-0.4, -0.2) is 16.0 Å². The summed E-state index contributed by atoms with van der Waals surface area (Å²) in [6.07, 6.45) is 1.12. The van der Waals surface area contributed by atoms with Crippen LogP contribution in [0.5, 0.6) is 5.75 Å². The van der Waals surface area contributed by atoms with Gasteiger partial charge in [-0.25, -0.2) is 8.78 Å². The van der Waals surface area contributed by atoms with E-state index < -0.39 is 28.7 Å². The zero-order chi connectivity index (χ0) is 21.2. The average molecular weight is 427 g/mol. The lowest BCUT2D eigenvalue weighted by Crippen LogP contribution is -2.21. The van der Waals surface area contributed by atoms with E-state index in [-0.39, 0.29) is 22.7 Å². The summed E-state index contributed by atoms with van der Waals surface area (Å²) in [6, 6.07) is 9.77. The van der Waals surface area contributed by atoms with Crippen LogP contribution < -0.4 is 15.6 Å². The molecule has 3 rings (SSSR count). The van der Waals surface area contributed by atoms with E-state index in [4.69, 9.17) is 0 Å². The number of aromatic nitrogens is 1. The van der Waals surface area contributed by atoms with E-state index in [1.807, 2.05) is 0 Å². The van der Waals surface area contributed by atoms with Crippen LogP contribution in [0.15, 0.2) is 65.6 Å². The Bertz CT molecular complexity index is 1090. The molecule has 29 heavy (non-hydrogen) atoms. The van der Waals surface area contributed by atoms with E-state index in [2.05, 4.69) is 21.7 Å². The molecule has 1 heterocycles. The van der Waals surface area contributed by atoms with Crippen molar-refractivity contribution in [1.82, 2.24) is 4.57 Å². The zero-order valence-electron chi connectivity index (χ0n) is 14.3. The first-order valence-electron chi connectivity index (χ1n) is 7.97. The van der Waals surface area contributed by atoms with Gasteiger partial charge < -0.3 is 10.1 Å². The molecule has 0 bridgehead atoms. The first-order chi connectivity index (χ1) is 13.6. The van der Waals surface area contributed by atoms with Gasteiger partial charge >= 0.3 is 5.57 Å². The summed E-state index contributed by atoms with van der Waals surface area (Å²) in [5.41, 5.74) is -4.30. The molecule has 0 saturated heterocycles. The second kappa shape index (κ2) is 7.96. The van der Waals surface area contributed by atoms with E-state index in [1.165, 1.54) is 30.3 Å². The molecule has 10 heteroatoms. The molecule has 5 nitrogen and oxygen atoms in total. The number of hydrogen-bond acceptors (Lipinski definition) is 3.